The van der Waals surface area contributed by atoms with E-state index in [9.17, 15) is 0 Å². The maximum Gasteiger partial charge on any atom is 0.0245 e. The van der Waals surface area contributed by atoms with Crippen LogP contribution in [0.3, 0.4) is 0 Å². The molecule has 1 saturated carbocycles. The van der Waals surface area contributed by atoms with Gasteiger partial charge in [0.05, 0.1) is 0 Å². The highest BCUT2D eigenvalue weighted by Gasteiger charge is 2.23. The first kappa shape index (κ1) is 10.6. The maximum atomic E-state index is 3.56. The summed E-state index contributed by atoms with van der Waals surface area (Å²) in [6.07, 6.45) is 6.69. The van der Waals surface area contributed by atoms with E-state index in [4.69, 9.17) is 0 Å². The molecule has 0 bridgehead atoms. The summed E-state index contributed by atoms with van der Waals surface area (Å²) in [6, 6.07) is 0.653. The Balaban J connectivity index is 2.38. The highest BCUT2D eigenvalue weighted by molar-refractivity contribution is 4.99. The highest BCUT2D eigenvalue weighted by Crippen LogP contribution is 2.28. The zero-order valence-electron chi connectivity index (χ0n) is 8.90. The highest BCUT2D eigenvalue weighted by atomic mass is 14.9. The monoisotopic (exact) mass is 179 g/mol. The number of hydrogen-bond donors (Lipinski definition) is 1. The Morgan fingerprint density at radius 1 is 1.38 bits per heavy atom. The molecule has 1 unspecified atom stereocenters. The normalized spacial score (nSPS) is 19.5. The molecule has 1 aliphatic rings. The molecule has 1 N–H and O–H groups in total. The molecule has 0 aromatic heterocycles. The Bertz CT molecular complexity index is 181. The van der Waals surface area contributed by atoms with Gasteiger partial charge in [-0.3, -0.25) is 0 Å². The van der Waals surface area contributed by atoms with Crippen LogP contribution in [0.1, 0.15) is 46.0 Å². The molecule has 1 rings (SSSR count). The van der Waals surface area contributed by atoms with E-state index in [2.05, 4.69) is 24.1 Å². The molecule has 0 spiro atoms. The molecular weight excluding hydrogens is 158 g/mol. The Labute approximate surface area is 82.3 Å². The van der Waals surface area contributed by atoms with Crippen LogP contribution in [0.4, 0.5) is 0 Å². The molecule has 1 nitrogen and oxygen atoms in total. The summed E-state index contributed by atoms with van der Waals surface area (Å²) >= 11 is 0. The quantitative estimate of drug-likeness (QED) is 0.654. The molecule has 0 saturated heterocycles. The Kier molecular flexibility index (Phi) is 4.93. The van der Waals surface area contributed by atoms with Crippen LogP contribution in [0.15, 0.2) is 0 Å². The summed E-state index contributed by atoms with van der Waals surface area (Å²) in [5.41, 5.74) is 0. The molecule has 1 aliphatic carbocycles. The number of hydrogen-bond acceptors (Lipinski definition) is 1. The van der Waals surface area contributed by atoms with E-state index in [1.165, 1.54) is 25.7 Å². The minimum atomic E-state index is 0.653. The van der Waals surface area contributed by atoms with E-state index >= 15 is 0 Å². The largest absolute Gasteiger partial charge is 0.313 e. The second-order valence-corrected chi connectivity index (χ2v) is 3.84. The van der Waals surface area contributed by atoms with Crippen molar-refractivity contribution in [2.24, 2.45) is 5.92 Å². The third-order valence-corrected chi connectivity index (χ3v) is 2.93. The summed E-state index contributed by atoms with van der Waals surface area (Å²) in [4.78, 5) is 0. The Morgan fingerprint density at radius 3 is 2.62 bits per heavy atom. The lowest BCUT2D eigenvalue weighted by molar-refractivity contribution is 0.370. The zero-order valence-corrected chi connectivity index (χ0v) is 8.90. The predicted molar refractivity (Wildman–Crippen MR) is 57.5 cm³/mol. The molecule has 74 valence electrons. The molecule has 0 amide bonds. The van der Waals surface area contributed by atoms with Crippen LogP contribution in [-0.2, 0) is 0 Å². The van der Waals surface area contributed by atoms with Gasteiger partial charge in [0.15, 0.2) is 0 Å². The van der Waals surface area contributed by atoms with Crippen LogP contribution in [0.25, 0.3) is 0 Å². The van der Waals surface area contributed by atoms with E-state index < -0.39 is 0 Å². The van der Waals surface area contributed by atoms with Gasteiger partial charge in [-0.2, -0.15) is 0 Å². The van der Waals surface area contributed by atoms with Crippen molar-refractivity contribution in [2.75, 3.05) is 6.54 Å². The Hall–Kier alpha value is -0.480. The van der Waals surface area contributed by atoms with Crippen molar-refractivity contribution in [3.63, 3.8) is 0 Å². The standard InChI is InChI=1S/C12H21N/c1-3-5-10-12(13-4-2)11-8-6-7-9-11/h11-13H,4,6-10H2,1-2H3. The van der Waals surface area contributed by atoms with Gasteiger partial charge in [0.1, 0.15) is 0 Å². The molecule has 1 atom stereocenters. The molecule has 0 aliphatic heterocycles. The van der Waals surface area contributed by atoms with Gasteiger partial charge < -0.3 is 5.32 Å². The molecule has 0 radical (unpaired) electrons. The van der Waals surface area contributed by atoms with Crippen molar-refractivity contribution in [3.8, 4) is 11.8 Å². The van der Waals surface area contributed by atoms with Crippen molar-refractivity contribution < 1.29 is 0 Å². The fraction of sp³-hybridized carbons (Fsp3) is 0.833. The second-order valence-electron chi connectivity index (χ2n) is 3.84. The van der Waals surface area contributed by atoms with Crippen molar-refractivity contribution in [2.45, 2.75) is 52.0 Å². The van der Waals surface area contributed by atoms with Gasteiger partial charge in [-0.1, -0.05) is 19.8 Å². The number of nitrogens with one attached hydrogen (secondary N) is 1. The first-order chi connectivity index (χ1) is 6.38. The van der Waals surface area contributed by atoms with Crippen LogP contribution >= 0.6 is 0 Å². The molecule has 0 heterocycles. The third-order valence-electron chi connectivity index (χ3n) is 2.93. The van der Waals surface area contributed by atoms with Gasteiger partial charge in [0.25, 0.3) is 0 Å². The van der Waals surface area contributed by atoms with Crippen LogP contribution in [0, 0.1) is 17.8 Å². The van der Waals surface area contributed by atoms with E-state index in [1.807, 2.05) is 6.92 Å². The summed E-state index contributed by atoms with van der Waals surface area (Å²) in [5, 5.41) is 3.56. The fourth-order valence-corrected chi connectivity index (χ4v) is 2.24. The molecular formula is C12H21N. The first-order valence-corrected chi connectivity index (χ1v) is 5.51. The van der Waals surface area contributed by atoms with Gasteiger partial charge in [0.2, 0.25) is 0 Å². The van der Waals surface area contributed by atoms with Crippen molar-refractivity contribution in [1.29, 1.82) is 0 Å². The fourth-order valence-electron chi connectivity index (χ4n) is 2.24. The molecule has 13 heavy (non-hydrogen) atoms. The van der Waals surface area contributed by atoms with Gasteiger partial charge in [-0.15, -0.1) is 11.8 Å². The van der Waals surface area contributed by atoms with Gasteiger partial charge in [-0.05, 0) is 32.2 Å². The van der Waals surface area contributed by atoms with Crippen molar-refractivity contribution in [1.82, 2.24) is 5.32 Å². The van der Waals surface area contributed by atoms with E-state index in [1.54, 1.807) is 0 Å². The smallest absolute Gasteiger partial charge is 0.0245 e. The van der Waals surface area contributed by atoms with Crippen molar-refractivity contribution in [3.05, 3.63) is 0 Å². The van der Waals surface area contributed by atoms with Crippen LogP contribution in [0.2, 0.25) is 0 Å². The zero-order chi connectivity index (χ0) is 9.52. The van der Waals surface area contributed by atoms with Crippen LogP contribution in [0.5, 0.6) is 0 Å². The summed E-state index contributed by atoms with van der Waals surface area (Å²) in [5.74, 6) is 7.08. The van der Waals surface area contributed by atoms with E-state index in [-0.39, 0.29) is 0 Å². The minimum absolute atomic E-state index is 0.653. The average molecular weight is 179 g/mol. The molecule has 1 heteroatoms. The van der Waals surface area contributed by atoms with E-state index in [0.29, 0.717) is 6.04 Å². The molecule has 0 aromatic rings. The lowest BCUT2D eigenvalue weighted by Gasteiger charge is -2.21. The van der Waals surface area contributed by atoms with E-state index in [0.717, 1.165) is 18.9 Å². The van der Waals surface area contributed by atoms with Gasteiger partial charge in [0, 0.05) is 12.5 Å². The third kappa shape index (κ3) is 3.40. The minimum Gasteiger partial charge on any atom is -0.313 e. The summed E-state index contributed by atoms with van der Waals surface area (Å²) < 4.78 is 0. The summed E-state index contributed by atoms with van der Waals surface area (Å²) in [7, 11) is 0. The first-order valence-electron chi connectivity index (χ1n) is 5.51. The van der Waals surface area contributed by atoms with Gasteiger partial charge in [-0.25, -0.2) is 0 Å². The van der Waals surface area contributed by atoms with Crippen LogP contribution in [-0.4, -0.2) is 12.6 Å². The average Bonchev–Trinajstić information content (AvgIpc) is 2.65. The van der Waals surface area contributed by atoms with Crippen molar-refractivity contribution >= 4 is 0 Å². The topological polar surface area (TPSA) is 12.0 Å². The SMILES string of the molecule is CC#CCC(NCC)C1CCCC1. The number of rotatable bonds is 4. The van der Waals surface area contributed by atoms with Gasteiger partial charge >= 0.3 is 0 Å². The summed E-state index contributed by atoms with van der Waals surface area (Å²) in [6.45, 7) is 5.19. The predicted octanol–water partition coefficient (Wildman–Crippen LogP) is 2.57. The lowest BCUT2D eigenvalue weighted by atomic mass is 9.95. The molecule has 1 fully saturated rings. The molecule has 0 aromatic carbocycles. The lowest BCUT2D eigenvalue weighted by Crippen LogP contribution is -2.34. The van der Waals surface area contributed by atoms with Crippen LogP contribution < -0.4 is 5.32 Å². The maximum absolute atomic E-state index is 3.56. The second kappa shape index (κ2) is 6.05. The Morgan fingerprint density at radius 2 is 2.08 bits per heavy atom.